The average Bonchev–Trinajstić information content (AvgIpc) is 2.86. The number of rotatable bonds is 8. The van der Waals surface area contributed by atoms with Gasteiger partial charge < -0.3 is 15.4 Å². The zero-order valence-electron chi connectivity index (χ0n) is 19.0. The van der Waals surface area contributed by atoms with Crippen molar-refractivity contribution >= 4 is 23.2 Å². The molecule has 2 amide bonds. The van der Waals surface area contributed by atoms with Gasteiger partial charge in [0.2, 0.25) is 0 Å². The summed E-state index contributed by atoms with van der Waals surface area (Å²) >= 11 is 0. The molecule has 4 rings (SSSR count). The topological polar surface area (TPSA) is 67.4 Å². The van der Waals surface area contributed by atoms with E-state index in [0.29, 0.717) is 34.9 Å². The first-order valence-corrected chi connectivity index (χ1v) is 11.1. The van der Waals surface area contributed by atoms with Crippen molar-refractivity contribution in [2.75, 3.05) is 17.2 Å². The highest BCUT2D eigenvalue weighted by Crippen LogP contribution is 2.18. The van der Waals surface area contributed by atoms with Crippen LogP contribution in [0.1, 0.15) is 31.8 Å². The fraction of sp³-hybridized carbons (Fsp3) is 0.103. The van der Waals surface area contributed by atoms with Crippen LogP contribution in [0.2, 0.25) is 0 Å². The second-order valence-corrected chi connectivity index (χ2v) is 7.97. The summed E-state index contributed by atoms with van der Waals surface area (Å²) < 4.78 is 5.83. The molecule has 170 valence electrons. The van der Waals surface area contributed by atoms with Crippen LogP contribution >= 0.6 is 0 Å². The fourth-order valence-electron chi connectivity index (χ4n) is 3.49. The van der Waals surface area contributed by atoms with Gasteiger partial charge in [-0.2, -0.15) is 0 Å². The number of hydrogen-bond donors (Lipinski definition) is 2. The van der Waals surface area contributed by atoms with Crippen molar-refractivity contribution in [2.45, 2.75) is 13.3 Å². The Morgan fingerprint density at radius 3 is 1.88 bits per heavy atom. The van der Waals surface area contributed by atoms with E-state index in [1.165, 1.54) is 5.56 Å². The van der Waals surface area contributed by atoms with Gasteiger partial charge in [-0.1, -0.05) is 54.1 Å². The Morgan fingerprint density at radius 2 is 1.26 bits per heavy atom. The predicted octanol–water partition coefficient (Wildman–Crippen LogP) is 6.12. The lowest BCUT2D eigenvalue weighted by Crippen LogP contribution is -2.13. The smallest absolute Gasteiger partial charge is 0.255 e. The lowest BCUT2D eigenvalue weighted by Gasteiger charge is -2.10. The monoisotopic (exact) mass is 450 g/mol. The number of benzene rings is 4. The number of ether oxygens (including phenoxy) is 1. The van der Waals surface area contributed by atoms with Crippen LogP contribution in [0.5, 0.6) is 5.75 Å². The third-order valence-corrected chi connectivity index (χ3v) is 5.28. The molecule has 4 aromatic carbocycles. The van der Waals surface area contributed by atoms with Crippen LogP contribution in [0.25, 0.3) is 0 Å². The Labute approximate surface area is 199 Å². The minimum absolute atomic E-state index is 0.176. The lowest BCUT2D eigenvalue weighted by atomic mass is 10.1. The van der Waals surface area contributed by atoms with Gasteiger partial charge in [-0.05, 0) is 67.1 Å². The molecule has 2 N–H and O–H groups in total. The molecule has 0 atom stereocenters. The van der Waals surface area contributed by atoms with Crippen LogP contribution < -0.4 is 15.4 Å². The molecule has 0 saturated heterocycles. The van der Waals surface area contributed by atoms with E-state index < -0.39 is 0 Å². The number of hydrogen-bond acceptors (Lipinski definition) is 3. The number of anilines is 2. The molecule has 0 heterocycles. The predicted molar refractivity (Wildman–Crippen MR) is 136 cm³/mol. The number of aryl methyl sites for hydroxylation is 1. The quantitative estimate of drug-likeness (QED) is 0.340. The minimum atomic E-state index is -0.231. The molecule has 0 bridgehead atoms. The van der Waals surface area contributed by atoms with Crippen LogP contribution in [0.4, 0.5) is 11.4 Å². The number of nitrogens with one attached hydrogen (secondary N) is 2. The van der Waals surface area contributed by atoms with Crippen LogP contribution in [-0.2, 0) is 6.42 Å². The van der Waals surface area contributed by atoms with E-state index >= 15 is 0 Å². The molecule has 0 radical (unpaired) electrons. The Kier molecular flexibility index (Phi) is 7.35. The van der Waals surface area contributed by atoms with Crippen LogP contribution in [-0.4, -0.2) is 18.4 Å². The molecule has 0 aliphatic carbocycles. The molecular weight excluding hydrogens is 424 g/mol. The Morgan fingerprint density at radius 1 is 0.676 bits per heavy atom. The maximum atomic E-state index is 12.7. The average molecular weight is 451 g/mol. The zero-order chi connectivity index (χ0) is 23.8. The second kappa shape index (κ2) is 11.0. The summed E-state index contributed by atoms with van der Waals surface area (Å²) in [7, 11) is 0. The first kappa shape index (κ1) is 22.8. The second-order valence-electron chi connectivity index (χ2n) is 7.97. The van der Waals surface area contributed by atoms with Crippen LogP contribution in [0.3, 0.4) is 0 Å². The molecule has 34 heavy (non-hydrogen) atoms. The summed E-state index contributed by atoms with van der Waals surface area (Å²) in [6, 6.07) is 31.7. The lowest BCUT2D eigenvalue weighted by molar-refractivity contribution is 0.101. The Hall–Kier alpha value is -4.38. The summed E-state index contributed by atoms with van der Waals surface area (Å²) in [5.74, 6) is 0.243. The molecule has 0 unspecified atom stereocenters. The van der Waals surface area contributed by atoms with Gasteiger partial charge in [-0.3, -0.25) is 9.59 Å². The summed E-state index contributed by atoms with van der Waals surface area (Å²) in [5.41, 5.74) is 4.62. The molecule has 0 spiro atoms. The van der Waals surface area contributed by atoms with Gasteiger partial charge in [-0.25, -0.2) is 0 Å². The first-order chi connectivity index (χ1) is 16.6. The number of carbonyl (C=O) groups is 2. The summed E-state index contributed by atoms with van der Waals surface area (Å²) in [6.07, 6.45) is 0.796. The van der Waals surface area contributed by atoms with Crippen molar-refractivity contribution in [3.8, 4) is 5.75 Å². The van der Waals surface area contributed by atoms with E-state index in [4.69, 9.17) is 4.74 Å². The zero-order valence-corrected chi connectivity index (χ0v) is 19.0. The highest BCUT2D eigenvalue weighted by atomic mass is 16.5. The van der Waals surface area contributed by atoms with E-state index in [2.05, 4.69) is 22.8 Å². The SMILES string of the molecule is Cc1cccc(C(=O)Nc2ccc(NC(=O)c3cccc(OCCc4ccccc4)c3)cc2)c1. The van der Waals surface area contributed by atoms with E-state index in [-0.39, 0.29) is 11.8 Å². The molecule has 0 aliphatic rings. The molecule has 5 heteroatoms. The molecule has 4 aromatic rings. The highest BCUT2D eigenvalue weighted by molar-refractivity contribution is 6.06. The van der Waals surface area contributed by atoms with Crippen molar-refractivity contribution in [2.24, 2.45) is 0 Å². The van der Waals surface area contributed by atoms with Crippen molar-refractivity contribution in [1.29, 1.82) is 0 Å². The summed E-state index contributed by atoms with van der Waals surface area (Å²) in [6.45, 7) is 2.48. The molecule has 0 fully saturated rings. The number of carbonyl (C=O) groups excluding carboxylic acids is 2. The van der Waals surface area contributed by atoms with E-state index in [9.17, 15) is 9.59 Å². The normalized spacial score (nSPS) is 10.4. The maximum absolute atomic E-state index is 12.7. The molecular formula is C29H26N2O3. The first-order valence-electron chi connectivity index (χ1n) is 11.1. The highest BCUT2D eigenvalue weighted by Gasteiger charge is 2.09. The standard InChI is InChI=1S/C29H26N2O3/c1-21-7-5-10-23(19-21)28(32)30-25-13-15-26(16-14-25)31-29(33)24-11-6-12-27(20-24)34-18-17-22-8-3-2-4-9-22/h2-16,19-20H,17-18H2,1H3,(H,30,32)(H,31,33). The summed E-state index contributed by atoms with van der Waals surface area (Å²) in [5, 5.41) is 5.75. The van der Waals surface area contributed by atoms with Crippen molar-refractivity contribution in [3.05, 3.63) is 125 Å². The third kappa shape index (κ3) is 6.33. The maximum Gasteiger partial charge on any atom is 0.255 e. The van der Waals surface area contributed by atoms with Crippen LogP contribution in [0.15, 0.2) is 103 Å². The van der Waals surface area contributed by atoms with Gasteiger partial charge in [0.1, 0.15) is 5.75 Å². The Bertz CT molecular complexity index is 1270. The van der Waals surface area contributed by atoms with Gasteiger partial charge in [0, 0.05) is 28.9 Å². The van der Waals surface area contributed by atoms with Crippen molar-refractivity contribution in [3.63, 3.8) is 0 Å². The van der Waals surface area contributed by atoms with Gasteiger partial charge in [0.15, 0.2) is 0 Å². The molecule has 0 aliphatic heterocycles. The van der Waals surface area contributed by atoms with Gasteiger partial charge in [-0.15, -0.1) is 0 Å². The third-order valence-electron chi connectivity index (χ3n) is 5.28. The van der Waals surface area contributed by atoms with Gasteiger partial charge in [0.25, 0.3) is 11.8 Å². The van der Waals surface area contributed by atoms with E-state index in [0.717, 1.165) is 12.0 Å². The summed E-state index contributed by atoms with van der Waals surface area (Å²) in [4.78, 5) is 25.1. The van der Waals surface area contributed by atoms with Crippen molar-refractivity contribution in [1.82, 2.24) is 0 Å². The Balaban J connectivity index is 1.31. The van der Waals surface area contributed by atoms with E-state index in [1.807, 2.05) is 49.4 Å². The molecule has 5 nitrogen and oxygen atoms in total. The fourth-order valence-corrected chi connectivity index (χ4v) is 3.49. The van der Waals surface area contributed by atoms with Crippen LogP contribution in [0, 0.1) is 6.92 Å². The van der Waals surface area contributed by atoms with E-state index in [1.54, 1.807) is 48.5 Å². The van der Waals surface area contributed by atoms with Gasteiger partial charge >= 0.3 is 0 Å². The van der Waals surface area contributed by atoms with Gasteiger partial charge in [0.05, 0.1) is 6.61 Å². The molecule has 0 aromatic heterocycles. The molecule has 0 saturated carbocycles. The van der Waals surface area contributed by atoms with Crippen molar-refractivity contribution < 1.29 is 14.3 Å². The largest absolute Gasteiger partial charge is 0.493 e. The minimum Gasteiger partial charge on any atom is -0.493 e. The number of amides is 2.